The number of alkyl halides is 3. The fraction of sp³-hybridized carbons (Fsp3) is 0.316. The summed E-state index contributed by atoms with van der Waals surface area (Å²) in [5, 5.41) is 2.98. The van der Waals surface area contributed by atoms with Crippen LogP contribution in [0.15, 0.2) is 47.5 Å². The third-order valence-corrected chi connectivity index (χ3v) is 3.61. The minimum absolute atomic E-state index is 0.0821. The molecule has 0 heterocycles. The number of ether oxygens (including phenoxy) is 2. The number of anilines is 1. The van der Waals surface area contributed by atoms with Crippen LogP contribution in [0.1, 0.15) is 16.7 Å². The number of nitrogens with zero attached hydrogens (tertiary/aromatic N) is 1. The molecule has 146 valence electrons. The smallest absolute Gasteiger partial charge is 0.422 e. The van der Waals surface area contributed by atoms with Crippen LogP contribution in [0.5, 0.6) is 5.75 Å². The van der Waals surface area contributed by atoms with Gasteiger partial charge in [0.1, 0.15) is 5.75 Å². The molecule has 0 aromatic heterocycles. The lowest BCUT2D eigenvalue weighted by molar-refractivity contribution is -0.153. The van der Waals surface area contributed by atoms with Crippen molar-refractivity contribution in [2.45, 2.75) is 26.3 Å². The van der Waals surface area contributed by atoms with Gasteiger partial charge in [-0.1, -0.05) is 30.3 Å². The maximum absolute atomic E-state index is 12.4. The van der Waals surface area contributed by atoms with E-state index >= 15 is 0 Å². The Morgan fingerprint density at radius 1 is 1.15 bits per heavy atom. The molecule has 2 aromatic carbocycles. The van der Waals surface area contributed by atoms with Crippen LogP contribution in [0.2, 0.25) is 0 Å². The van der Waals surface area contributed by atoms with E-state index in [9.17, 15) is 13.2 Å². The first-order valence-corrected chi connectivity index (χ1v) is 8.21. The SMILES string of the molecule is COCc1ccccc1NC(N)=NCc1ccc(C)cc1OCC(F)(F)F. The summed E-state index contributed by atoms with van der Waals surface area (Å²) in [6.45, 7) is 0.907. The van der Waals surface area contributed by atoms with Gasteiger partial charge < -0.3 is 20.5 Å². The molecule has 0 aliphatic heterocycles. The second-order valence-electron chi connectivity index (χ2n) is 5.93. The number of methoxy groups -OCH3 is 1. The summed E-state index contributed by atoms with van der Waals surface area (Å²) in [6.07, 6.45) is -4.41. The molecule has 0 bridgehead atoms. The van der Waals surface area contributed by atoms with Gasteiger partial charge in [-0.25, -0.2) is 4.99 Å². The summed E-state index contributed by atoms with van der Waals surface area (Å²) in [6, 6.07) is 12.5. The first-order chi connectivity index (χ1) is 12.8. The molecule has 0 saturated carbocycles. The van der Waals surface area contributed by atoms with Gasteiger partial charge in [-0.15, -0.1) is 0 Å². The zero-order chi connectivity index (χ0) is 19.9. The quantitative estimate of drug-likeness (QED) is 0.562. The van der Waals surface area contributed by atoms with Crippen LogP contribution in [0.3, 0.4) is 0 Å². The largest absolute Gasteiger partial charge is 0.484 e. The van der Waals surface area contributed by atoms with E-state index < -0.39 is 12.8 Å². The predicted molar refractivity (Wildman–Crippen MR) is 98.8 cm³/mol. The van der Waals surface area contributed by atoms with Crippen LogP contribution in [-0.4, -0.2) is 25.9 Å². The number of hydrogen-bond donors (Lipinski definition) is 2. The van der Waals surface area contributed by atoms with Gasteiger partial charge in [0.25, 0.3) is 0 Å². The average molecular weight is 381 g/mol. The van der Waals surface area contributed by atoms with Crippen molar-refractivity contribution in [3.05, 3.63) is 59.2 Å². The summed E-state index contributed by atoms with van der Waals surface area (Å²) < 4.78 is 47.4. The van der Waals surface area contributed by atoms with Gasteiger partial charge in [0.2, 0.25) is 0 Å². The van der Waals surface area contributed by atoms with E-state index in [1.165, 1.54) is 0 Å². The first kappa shape index (κ1) is 20.6. The number of nitrogens with two attached hydrogens (primary N) is 1. The molecule has 0 spiro atoms. The number of aryl methyl sites for hydroxylation is 1. The molecular formula is C19H22F3N3O2. The Morgan fingerprint density at radius 2 is 1.89 bits per heavy atom. The van der Waals surface area contributed by atoms with Crippen molar-refractivity contribution in [2.75, 3.05) is 19.0 Å². The zero-order valence-corrected chi connectivity index (χ0v) is 15.1. The molecule has 3 N–H and O–H groups in total. The maximum atomic E-state index is 12.4. The standard InChI is InChI=1S/C19H22F3N3O2/c1-13-7-8-14(17(9-13)27-12-19(20,21)22)10-24-18(23)25-16-6-4-3-5-15(16)11-26-2/h3-9H,10-12H2,1-2H3,(H3,23,24,25). The minimum Gasteiger partial charge on any atom is -0.484 e. The zero-order valence-electron chi connectivity index (χ0n) is 15.1. The molecule has 0 radical (unpaired) electrons. The summed E-state index contributed by atoms with van der Waals surface area (Å²) in [4.78, 5) is 4.21. The third-order valence-electron chi connectivity index (χ3n) is 3.61. The van der Waals surface area contributed by atoms with Crippen LogP contribution >= 0.6 is 0 Å². The molecule has 0 aliphatic carbocycles. The van der Waals surface area contributed by atoms with E-state index in [1.807, 2.05) is 24.3 Å². The molecule has 0 fully saturated rings. The molecule has 0 amide bonds. The average Bonchev–Trinajstić information content (AvgIpc) is 2.60. The molecule has 0 saturated heterocycles. The Balaban J connectivity index is 2.10. The molecule has 2 rings (SSSR count). The number of guanidine groups is 1. The second kappa shape index (κ2) is 9.27. The number of nitrogens with one attached hydrogen (secondary N) is 1. The van der Waals surface area contributed by atoms with Crippen molar-refractivity contribution in [1.29, 1.82) is 0 Å². The van der Waals surface area contributed by atoms with Crippen LogP contribution in [0.4, 0.5) is 18.9 Å². The van der Waals surface area contributed by atoms with E-state index in [4.69, 9.17) is 15.2 Å². The number of para-hydroxylation sites is 1. The van der Waals surface area contributed by atoms with Gasteiger partial charge in [-0.3, -0.25) is 0 Å². The summed E-state index contributed by atoms with van der Waals surface area (Å²) >= 11 is 0. The second-order valence-corrected chi connectivity index (χ2v) is 5.93. The molecular weight excluding hydrogens is 359 g/mol. The monoisotopic (exact) mass is 381 g/mol. The summed E-state index contributed by atoms with van der Waals surface area (Å²) in [5.74, 6) is 0.282. The highest BCUT2D eigenvalue weighted by Gasteiger charge is 2.28. The van der Waals surface area contributed by atoms with E-state index in [0.717, 1.165) is 16.8 Å². The van der Waals surface area contributed by atoms with Gasteiger partial charge in [-0.2, -0.15) is 13.2 Å². The molecule has 27 heavy (non-hydrogen) atoms. The predicted octanol–water partition coefficient (Wildman–Crippen LogP) is 4.01. The molecule has 2 aromatic rings. The lowest BCUT2D eigenvalue weighted by Crippen LogP contribution is -2.23. The fourth-order valence-electron chi connectivity index (χ4n) is 2.36. The lowest BCUT2D eigenvalue weighted by atomic mass is 10.1. The number of benzene rings is 2. The van der Waals surface area contributed by atoms with E-state index in [0.29, 0.717) is 12.2 Å². The maximum Gasteiger partial charge on any atom is 0.422 e. The fourth-order valence-corrected chi connectivity index (χ4v) is 2.36. The van der Waals surface area contributed by atoms with Crippen molar-refractivity contribution < 1.29 is 22.6 Å². The van der Waals surface area contributed by atoms with E-state index in [2.05, 4.69) is 10.3 Å². The highest BCUT2D eigenvalue weighted by Crippen LogP contribution is 2.24. The minimum atomic E-state index is -4.41. The molecule has 5 nitrogen and oxygen atoms in total. The Hall–Kier alpha value is -2.74. The molecule has 8 heteroatoms. The topological polar surface area (TPSA) is 68.9 Å². The van der Waals surface area contributed by atoms with Gasteiger partial charge in [0, 0.05) is 23.9 Å². The third kappa shape index (κ3) is 6.82. The number of rotatable bonds is 7. The van der Waals surface area contributed by atoms with Gasteiger partial charge in [-0.05, 0) is 24.6 Å². The Bertz CT molecular complexity index is 792. The van der Waals surface area contributed by atoms with Crippen molar-refractivity contribution in [3.8, 4) is 5.75 Å². The highest BCUT2D eigenvalue weighted by atomic mass is 19.4. The van der Waals surface area contributed by atoms with E-state index in [1.54, 1.807) is 32.2 Å². The Kier molecular flexibility index (Phi) is 7.06. The van der Waals surface area contributed by atoms with Crippen molar-refractivity contribution in [3.63, 3.8) is 0 Å². The van der Waals surface area contributed by atoms with Crippen molar-refractivity contribution in [1.82, 2.24) is 0 Å². The van der Waals surface area contributed by atoms with Crippen molar-refractivity contribution in [2.24, 2.45) is 10.7 Å². The Labute approximate surface area is 156 Å². The van der Waals surface area contributed by atoms with E-state index in [-0.39, 0.29) is 18.3 Å². The lowest BCUT2D eigenvalue weighted by Gasteiger charge is -2.14. The first-order valence-electron chi connectivity index (χ1n) is 8.21. The van der Waals surface area contributed by atoms with Crippen LogP contribution in [-0.2, 0) is 17.9 Å². The Morgan fingerprint density at radius 3 is 2.59 bits per heavy atom. The van der Waals surface area contributed by atoms with Gasteiger partial charge in [0.05, 0.1) is 13.2 Å². The number of aliphatic imine (C=N–C) groups is 1. The number of halogens is 3. The van der Waals surface area contributed by atoms with Crippen LogP contribution < -0.4 is 15.8 Å². The van der Waals surface area contributed by atoms with Crippen LogP contribution in [0.25, 0.3) is 0 Å². The summed E-state index contributed by atoms with van der Waals surface area (Å²) in [5.41, 5.74) is 8.88. The van der Waals surface area contributed by atoms with Gasteiger partial charge >= 0.3 is 6.18 Å². The molecule has 0 aliphatic rings. The van der Waals surface area contributed by atoms with Gasteiger partial charge in [0.15, 0.2) is 12.6 Å². The number of hydrogen-bond acceptors (Lipinski definition) is 3. The van der Waals surface area contributed by atoms with Crippen molar-refractivity contribution >= 4 is 11.6 Å². The normalized spacial score (nSPS) is 12.1. The summed E-state index contributed by atoms with van der Waals surface area (Å²) in [7, 11) is 1.59. The molecule has 0 atom stereocenters. The van der Waals surface area contributed by atoms with Crippen LogP contribution in [0, 0.1) is 6.92 Å². The molecule has 0 unspecified atom stereocenters. The highest BCUT2D eigenvalue weighted by molar-refractivity contribution is 5.93.